The second-order valence-electron chi connectivity index (χ2n) is 12.5. The van der Waals surface area contributed by atoms with Gasteiger partial charge in [0.05, 0.1) is 30.7 Å². The van der Waals surface area contributed by atoms with E-state index in [0.717, 1.165) is 49.6 Å². The van der Waals surface area contributed by atoms with E-state index in [-0.39, 0.29) is 23.8 Å². The summed E-state index contributed by atoms with van der Waals surface area (Å²) in [5.74, 6) is 4.45. The average molecular weight is 587 g/mol. The lowest BCUT2D eigenvalue weighted by molar-refractivity contribution is -0.243. The van der Waals surface area contributed by atoms with Crippen molar-refractivity contribution in [3.05, 3.63) is 47.2 Å². The number of aliphatic hydroxyl groups excluding tert-OH is 3. The van der Waals surface area contributed by atoms with Crippen molar-refractivity contribution in [1.82, 2.24) is 25.7 Å². The molecule has 2 aromatic rings. The molecule has 13 heteroatoms. The second-order valence-corrected chi connectivity index (χ2v) is 12.5. The zero-order valence-corrected chi connectivity index (χ0v) is 24.3. The van der Waals surface area contributed by atoms with Gasteiger partial charge in [-0.1, -0.05) is 36.6 Å². The van der Waals surface area contributed by atoms with Crippen LogP contribution in [0.15, 0.2) is 40.4 Å². The Morgan fingerprint density at radius 1 is 1.17 bits per heavy atom. The van der Waals surface area contributed by atoms with Crippen LogP contribution < -0.4 is 16.6 Å². The Kier molecular flexibility index (Phi) is 8.59. The quantitative estimate of drug-likeness (QED) is 0.112. The molecule has 0 spiro atoms. The van der Waals surface area contributed by atoms with E-state index in [9.17, 15) is 24.9 Å². The number of hydrazine groups is 1. The van der Waals surface area contributed by atoms with Crippen LogP contribution >= 0.6 is 0 Å². The molecule has 42 heavy (non-hydrogen) atoms. The number of hydrogen-bond donors (Lipinski definition) is 6. The lowest BCUT2D eigenvalue weighted by Crippen LogP contribution is -2.60. The highest BCUT2D eigenvalue weighted by atomic mass is 16.6. The standard InChI is InChI=1S/C29H42N6O7/c1-16-5-8-20-28(2,19(16)7-6-17-9-12-41-15-17)10-4-11-29(20,3)27(40)31-13-18-14-35(34-33-18)26-23(38)21(36)22(37)24(42-26)25(39)32-30/h9,12,14-15,20-24,26,36-38H,4-8,10-11,13,30H2,1-3H3,(H,31,40)(H,32,39)/t20-,21+,22+,23-,24+,26-,28-,29+/m1/s1. The van der Waals surface area contributed by atoms with Crippen LogP contribution in [0.2, 0.25) is 0 Å². The van der Waals surface area contributed by atoms with Gasteiger partial charge in [-0.05, 0) is 68.4 Å². The Balaban J connectivity index is 1.27. The second kappa shape index (κ2) is 11.9. The molecule has 230 valence electrons. The first-order chi connectivity index (χ1) is 20.0. The molecule has 3 aliphatic rings. The summed E-state index contributed by atoms with van der Waals surface area (Å²) in [6, 6.07) is 2.01. The van der Waals surface area contributed by atoms with Crippen LogP contribution in [-0.4, -0.2) is 66.5 Å². The Bertz CT molecular complexity index is 1310. The van der Waals surface area contributed by atoms with Crippen LogP contribution in [0.1, 0.15) is 76.8 Å². The van der Waals surface area contributed by atoms with E-state index in [4.69, 9.17) is 15.0 Å². The number of nitrogens with two attached hydrogens (primary N) is 1. The van der Waals surface area contributed by atoms with Gasteiger partial charge in [0.1, 0.15) is 24.0 Å². The Morgan fingerprint density at radius 2 is 1.95 bits per heavy atom. The molecule has 7 N–H and O–H groups in total. The minimum Gasteiger partial charge on any atom is -0.472 e. The maximum Gasteiger partial charge on any atom is 0.265 e. The van der Waals surface area contributed by atoms with Gasteiger partial charge in [-0.15, -0.1) is 5.10 Å². The number of carbonyl (C=O) groups is 2. The van der Waals surface area contributed by atoms with Gasteiger partial charge in [-0.25, -0.2) is 10.5 Å². The largest absolute Gasteiger partial charge is 0.472 e. The fourth-order valence-electron chi connectivity index (χ4n) is 7.62. The molecule has 2 aromatic heterocycles. The molecule has 0 aromatic carbocycles. The van der Waals surface area contributed by atoms with Gasteiger partial charge in [0.15, 0.2) is 12.3 Å². The fraction of sp³-hybridized carbons (Fsp3) is 0.655. The molecule has 2 amide bonds. The number of rotatable bonds is 8. The molecule has 3 heterocycles. The molecule has 0 unspecified atom stereocenters. The molecule has 2 fully saturated rings. The van der Waals surface area contributed by atoms with Gasteiger partial charge in [-0.3, -0.25) is 15.0 Å². The minimum atomic E-state index is -1.69. The summed E-state index contributed by atoms with van der Waals surface area (Å²) in [6.45, 7) is 6.75. The maximum absolute atomic E-state index is 13.8. The summed E-state index contributed by atoms with van der Waals surface area (Å²) < 4.78 is 11.9. The van der Waals surface area contributed by atoms with E-state index in [0.29, 0.717) is 5.69 Å². The third-order valence-electron chi connectivity index (χ3n) is 9.94. The number of allylic oxidation sites excluding steroid dienone is 2. The van der Waals surface area contributed by atoms with Gasteiger partial charge in [0, 0.05) is 0 Å². The predicted octanol–water partition coefficient (Wildman–Crippen LogP) is 1.01. The van der Waals surface area contributed by atoms with Gasteiger partial charge in [0.2, 0.25) is 5.91 Å². The molecule has 2 aliphatic carbocycles. The molecule has 1 saturated carbocycles. The summed E-state index contributed by atoms with van der Waals surface area (Å²) in [6.07, 6.45) is 3.79. The van der Waals surface area contributed by atoms with Crippen LogP contribution in [0.5, 0.6) is 0 Å². The fourth-order valence-corrected chi connectivity index (χ4v) is 7.62. The van der Waals surface area contributed by atoms with Crippen LogP contribution in [0.3, 0.4) is 0 Å². The van der Waals surface area contributed by atoms with Crippen molar-refractivity contribution in [3.63, 3.8) is 0 Å². The average Bonchev–Trinajstić information content (AvgIpc) is 3.66. The Hall–Kier alpha value is -3.10. The predicted molar refractivity (Wildman–Crippen MR) is 149 cm³/mol. The highest BCUT2D eigenvalue weighted by Crippen LogP contribution is 2.60. The molecular weight excluding hydrogens is 544 g/mol. The first-order valence-corrected chi connectivity index (χ1v) is 14.6. The number of aromatic nitrogens is 3. The normalized spacial score (nSPS) is 35.0. The first-order valence-electron chi connectivity index (χ1n) is 14.6. The SMILES string of the molecule is CC1=C(CCc2ccoc2)[C@@]2(C)CCC[C@](C)(C(=O)NCc3cn([C@@H]4O[C@H](C(=O)NN)[C@@H](O)[C@H](O)[C@H]4O)nn3)[C@@H]2CC1. The first kappa shape index (κ1) is 30.4. The molecule has 0 bridgehead atoms. The van der Waals surface area contributed by atoms with Crippen molar-refractivity contribution in [2.24, 2.45) is 22.6 Å². The van der Waals surface area contributed by atoms with Crippen molar-refractivity contribution in [1.29, 1.82) is 0 Å². The van der Waals surface area contributed by atoms with Crippen LogP contribution in [-0.2, 0) is 27.3 Å². The zero-order chi connectivity index (χ0) is 30.2. The summed E-state index contributed by atoms with van der Waals surface area (Å²) in [7, 11) is 0. The summed E-state index contributed by atoms with van der Waals surface area (Å²) in [5.41, 5.74) is 5.75. The Morgan fingerprint density at radius 3 is 2.67 bits per heavy atom. The number of fused-ring (bicyclic) bond motifs is 1. The van der Waals surface area contributed by atoms with E-state index in [1.54, 1.807) is 12.5 Å². The highest BCUT2D eigenvalue weighted by Gasteiger charge is 2.55. The molecule has 8 atom stereocenters. The van der Waals surface area contributed by atoms with Crippen molar-refractivity contribution in [3.8, 4) is 0 Å². The molecule has 1 aliphatic heterocycles. The lowest BCUT2D eigenvalue weighted by atomic mass is 9.49. The molecular formula is C29H42N6O7. The summed E-state index contributed by atoms with van der Waals surface area (Å²) >= 11 is 0. The third kappa shape index (κ3) is 5.39. The van der Waals surface area contributed by atoms with Crippen LogP contribution in [0, 0.1) is 16.7 Å². The lowest BCUT2D eigenvalue weighted by Gasteiger charge is -2.55. The van der Waals surface area contributed by atoms with Crippen LogP contribution in [0.25, 0.3) is 0 Å². The summed E-state index contributed by atoms with van der Waals surface area (Å²) in [4.78, 5) is 25.8. The number of hydrogen-bond acceptors (Lipinski definition) is 10. The topological polar surface area (TPSA) is 198 Å². The van der Waals surface area contributed by atoms with Crippen molar-refractivity contribution < 1.29 is 34.1 Å². The number of aliphatic hydroxyl groups is 3. The molecule has 5 rings (SSSR count). The number of furan rings is 1. The van der Waals surface area contributed by atoms with E-state index in [1.807, 2.05) is 11.5 Å². The molecule has 1 saturated heterocycles. The minimum absolute atomic E-state index is 0.0334. The van der Waals surface area contributed by atoms with Gasteiger partial charge in [-0.2, -0.15) is 0 Å². The van der Waals surface area contributed by atoms with Gasteiger partial charge >= 0.3 is 0 Å². The Labute approximate surface area is 244 Å². The third-order valence-corrected chi connectivity index (χ3v) is 9.94. The zero-order valence-electron chi connectivity index (χ0n) is 24.3. The number of ether oxygens (including phenoxy) is 1. The summed E-state index contributed by atoms with van der Waals surface area (Å²) in [5, 5.41) is 42.0. The van der Waals surface area contributed by atoms with Crippen LogP contribution in [0.4, 0.5) is 0 Å². The monoisotopic (exact) mass is 586 g/mol. The molecule has 0 radical (unpaired) electrons. The number of nitrogens with one attached hydrogen (secondary N) is 2. The van der Waals surface area contributed by atoms with Gasteiger partial charge < -0.3 is 29.8 Å². The number of aryl methyl sites for hydroxylation is 1. The highest BCUT2D eigenvalue weighted by molar-refractivity contribution is 5.83. The van der Waals surface area contributed by atoms with Gasteiger partial charge in [0.25, 0.3) is 5.91 Å². The van der Waals surface area contributed by atoms with E-state index in [2.05, 4.69) is 36.4 Å². The maximum atomic E-state index is 13.8. The van der Waals surface area contributed by atoms with Crippen molar-refractivity contribution in [2.45, 2.75) is 103 Å². The van der Waals surface area contributed by atoms with E-state index >= 15 is 0 Å². The number of amides is 2. The van der Waals surface area contributed by atoms with Crippen molar-refractivity contribution >= 4 is 11.8 Å². The smallest absolute Gasteiger partial charge is 0.265 e. The molecule has 13 nitrogen and oxygen atoms in total. The number of nitrogens with zero attached hydrogens (tertiary/aromatic N) is 3. The number of carbonyl (C=O) groups excluding carboxylic acids is 2. The van der Waals surface area contributed by atoms with Crippen molar-refractivity contribution in [2.75, 3.05) is 0 Å². The van der Waals surface area contributed by atoms with E-state index < -0.39 is 42.0 Å². The van der Waals surface area contributed by atoms with E-state index in [1.165, 1.54) is 22.9 Å².